The molecule has 0 spiro atoms. The van der Waals surface area contributed by atoms with Crippen LogP contribution >= 0.6 is 28.1 Å². The van der Waals surface area contributed by atoms with E-state index >= 15 is 0 Å². The fraction of sp³-hybridized carbons (Fsp3) is 0.364. The first-order valence-electron chi connectivity index (χ1n) is 5.19. The molecule has 3 nitrogen and oxygen atoms in total. The Morgan fingerprint density at radius 3 is 2.67 bits per heavy atom. The molecule has 1 rings (SSSR count). The van der Waals surface area contributed by atoms with E-state index in [0.717, 1.165) is 0 Å². The summed E-state index contributed by atoms with van der Waals surface area (Å²) in [6.07, 6.45) is -2.50. The number of thiocarbonyl (C=S) groups is 1. The zero-order valence-electron chi connectivity index (χ0n) is 9.44. The summed E-state index contributed by atoms with van der Waals surface area (Å²) in [6.45, 7) is -0.612. The summed E-state index contributed by atoms with van der Waals surface area (Å²) in [5.41, 5.74) is 6.60. The fourth-order valence-corrected chi connectivity index (χ4v) is 2.53. The highest BCUT2D eigenvalue weighted by molar-refractivity contribution is 9.10. The van der Waals surface area contributed by atoms with Gasteiger partial charge in [0.25, 0.3) is 6.43 Å². The Bertz CT molecular complexity index is 432. The average Bonchev–Trinajstić information content (AvgIpc) is 2.27. The number of hydrogen-bond donors (Lipinski definition) is 2. The van der Waals surface area contributed by atoms with Crippen LogP contribution in [0.15, 0.2) is 22.7 Å². The average molecular weight is 339 g/mol. The highest BCUT2D eigenvalue weighted by atomic mass is 79.9. The van der Waals surface area contributed by atoms with Gasteiger partial charge in [0, 0.05) is 22.3 Å². The maximum Gasteiger partial charge on any atom is 0.255 e. The lowest BCUT2D eigenvalue weighted by atomic mass is 10.1. The van der Waals surface area contributed by atoms with E-state index in [0.29, 0.717) is 15.7 Å². The molecular formula is C11H13BrF2N2OS. The molecule has 0 amide bonds. The van der Waals surface area contributed by atoms with E-state index in [1.807, 2.05) is 0 Å². The first-order chi connectivity index (χ1) is 8.47. The van der Waals surface area contributed by atoms with Gasteiger partial charge in [-0.3, -0.25) is 0 Å². The van der Waals surface area contributed by atoms with E-state index in [9.17, 15) is 8.78 Å². The number of halogens is 3. The molecule has 100 valence electrons. The molecule has 0 saturated carbocycles. The van der Waals surface area contributed by atoms with Crippen molar-refractivity contribution in [3.05, 3.63) is 28.2 Å². The quantitative estimate of drug-likeness (QED) is 0.780. The molecule has 1 aromatic carbocycles. The molecule has 0 radical (unpaired) electrons. The van der Waals surface area contributed by atoms with Gasteiger partial charge in [0.05, 0.1) is 13.2 Å². The van der Waals surface area contributed by atoms with E-state index in [4.69, 9.17) is 23.1 Å². The Kier molecular flexibility index (Phi) is 5.90. The van der Waals surface area contributed by atoms with Crippen molar-refractivity contribution in [3.8, 4) is 0 Å². The summed E-state index contributed by atoms with van der Waals surface area (Å²) in [6, 6.07) is 5.09. The van der Waals surface area contributed by atoms with E-state index in [2.05, 4.69) is 15.9 Å². The maximum absolute atomic E-state index is 12.5. The predicted molar refractivity (Wildman–Crippen MR) is 75.3 cm³/mol. The standard InChI is InChI=1S/C11H13BrF2N2OS/c12-7-2-1-3-8(10(7)11(15)18)16(4-5-17)6-9(13)14/h1-3,9,17H,4-6H2,(H2,15,18). The smallest absolute Gasteiger partial charge is 0.255 e. The summed E-state index contributed by atoms with van der Waals surface area (Å²) in [4.78, 5) is 1.49. The molecule has 0 heterocycles. The van der Waals surface area contributed by atoms with Crippen molar-refractivity contribution in [1.29, 1.82) is 0 Å². The topological polar surface area (TPSA) is 49.5 Å². The third kappa shape index (κ3) is 3.86. The minimum atomic E-state index is -2.50. The van der Waals surface area contributed by atoms with Crippen molar-refractivity contribution in [1.82, 2.24) is 0 Å². The monoisotopic (exact) mass is 338 g/mol. The van der Waals surface area contributed by atoms with Crippen LogP contribution in [0.1, 0.15) is 5.56 Å². The summed E-state index contributed by atoms with van der Waals surface area (Å²) >= 11 is 8.21. The van der Waals surface area contributed by atoms with E-state index in [1.165, 1.54) is 4.90 Å². The van der Waals surface area contributed by atoms with Gasteiger partial charge in [-0.1, -0.05) is 18.3 Å². The van der Waals surface area contributed by atoms with Gasteiger partial charge in [0.15, 0.2) is 0 Å². The Hall–Kier alpha value is -0.790. The van der Waals surface area contributed by atoms with Gasteiger partial charge in [-0.2, -0.15) is 0 Å². The second-order valence-corrected chi connectivity index (χ2v) is 4.85. The molecule has 0 bridgehead atoms. The highest BCUT2D eigenvalue weighted by Crippen LogP contribution is 2.28. The SMILES string of the molecule is NC(=S)c1c(Br)cccc1N(CCO)CC(F)F. The molecule has 0 aromatic heterocycles. The first-order valence-corrected chi connectivity index (χ1v) is 6.39. The lowest BCUT2D eigenvalue weighted by Crippen LogP contribution is -2.33. The van der Waals surface area contributed by atoms with Gasteiger partial charge in [0.2, 0.25) is 0 Å². The summed E-state index contributed by atoms with van der Waals surface area (Å²) < 4.78 is 25.7. The molecular weight excluding hydrogens is 326 g/mol. The van der Waals surface area contributed by atoms with Crippen LogP contribution in [0.25, 0.3) is 0 Å². The van der Waals surface area contributed by atoms with Crippen LogP contribution in [0.3, 0.4) is 0 Å². The van der Waals surface area contributed by atoms with Gasteiger partial charge in [-0.15, -0.1) is 0 Å². The second-order valence-electron chi connectivity index (χ2n) is 3.56. The molecule has 18 heavy (non-hydrogen) atoms. The third-order valence-electron chi connectivity index (χ3n) is 2.31. The molecule has 0 aliphatic heterocycles. The van der Waals surface area contributed by atoms with Gasteiger partial charge >= 0.3 is 0 Å². The summed E-state index contributed by atoms with van der Waals surface area (Å²) in [5.74, 6) is 0. The van der Waals surface area contributed by atoms with Gasteiger partial charge in [-0.05, 0) is 28.1 Å². The molecule has 7 heteroatoms. The molecule has 0 unspecified atom stereocenters. The van der Waals surface area contributed by atoms with Crippen molar-refractivity contribution < 1.29 is 13.9 Å². The molecule has 1 aromatic rings. The minimum absolute atomic E-state index is 0.0937. The Morgan fingerprint density at radius 2 is 2.17 bits per heavy atom. The summed E-state index contributed by atoms with van der Waals surface area (Å²) in [5, 5.41) is 8.95. The number of rotatable bonds is 6. The van der Waals surface area contributed by atoms with Gasteiger partial charge in [0.1, 0.15) is 4.99 Å². The lowest BCUT2D eigenvalue weighted by Gasteiger charge is -2.26. The second kappa shape index (κ2) is 6.96. The van der Waals surface area contributed by atoms with E-state index < -0.39 is 13.0 Å². The zero-order valence-corrected chi connectivity index (χ0v) is 11.8. The minimum Gasteiger partial charge on any atom is -0.395 e. The Morgan fingerprint density at radius 1 is 1.50 bits per heavy atom. The van der Waals surface area contributed by atoms with E-state index in [1.54, 1.807) is 18.2 Å². The Labute approximate surface area is 118 Å². The van der Waals surface area contributed by atoms with Crippen LogP contribution in [0.5, 0.6) is 0 Å². The zero-order chi connectivity index (χ0) is 13.7. The molecule has 3 N–H and O–H groups in total. The summed E-state index contributed by atoms with van der Waals surface area (Å²) in [7, 11) is 0. The number of aliphatic hydroxyl groups is 1. The van der Waals surface area contributed by atoms with Crippen LogP contribution in [-0.4, -0.2) is 36.2 Å². The van der Waals surface area contributed by atoms with Crippen LogP contribution in [0.4, 0.5) is 14.5 Å². The van der Waals surface area contributed by atoms with Crippen LogP contribution in [0, 0.1) is 0 Å². The van der Waals surface area contributed by atoms with Crippen molar-refractivity contribution >= 4 is 38.8 Å². The number of nitrogens with two attached hydrogens (primary N) is 1. The molecule has 0 saturated heterocycles. The van der Waals surface area contributed by atoms with Crippen molar-refractivity contribution in [2.45, 2.75) is 6.43 Å². The number of anilines is 1. The molecule has 0 aliphatic carbocycles. The number of benzene rings is 1. The Balaban J connectivity index is 3.18. The third-order valence-corrected chi connectivity index (χ3v) is 3.17. The van der Waals surface area contributed by atoms with Gasteiger partial charge < -0.3 is 15.7 Å². The maximum atomic E-state index is 12.5. The van der Waals surface area contributed by atoms with Crippen molar-refractivity contribution in [2.24, 2.45) is 5.73 Å². The number of nitrogens with zero attached hydrogens (tertiary/aromatic N) is 1. The number of alkyl halides is 2. The van der Waals surface area contributed by atoms with Crippen molar-refractivity contribution in [3.63, 3.8) is 0 Å². The van der Waals surface area contributed by atoms with Crippen LogP contribution < -0.4 is 10.6 Å². The molecule has 0 atom stereocenters. The largest absolute Gasteiger partial charge is 0.395 e. The highest BCUT2D eigenvalue weighted by Gasteiger charge is 2.18. The van der Waals surface area contributed by atoms with Crippen molar-refractivity contribution in [2.75, 3.05) is 24.6 Å². The van der Waals surface area contributed by atoms with Crippen LogP contribution in [-0.2, 0) is 0 Å². The van der Waals surface area contributed by atoms with E-state index in [-0.39, 0.29) is 18.1 Å². The number of hydrogen-bond acceptors (Lipinski definition) is 3. The first kappa shape index (κ1) is 15.3. The normalized spacial score (nSPS) is 10.7. The molecule has 0 fully saturated rings. The lowest BCUT2D eigenvalue weighted by molar-refractivity contribution is 0.153. The van der Waals surface area contributed by atoms with Crippen LogP contribution in [0.2, 0.25) is 0 Å². The fourth-order valence-electron chi connectivity index (χ4n) is 1.62. The molecule has 0 aliphatic rings. The van der Waals surface area contributed by atoms with Gasteiger partial charge in [-0.25, -0.2) is 8.78 Å². The number of aliphatic hydroxyl groups excluding tert-OH is 1. The predicted octanol–water partition coefficient (Wildman–Crippen LogP) is 2.15.